The predicted molar refractivity (Wildman–Crippen MR) is 84.0 cm³/mol. The summed E-state index contributed by atoms with van der Waals surface area (Å²) >= 11 is 12.0. The van der Waals surface area contributed by atoms with Crippen molar-refractivity contribution in [3.8, 4) is 0 Å². The molecule has 0 aromatic carbocycles. The Balaban J connectivity index is 1.92. The van der Waals surface area contributed by atoms with Gasteiger partial charge in [-0.2, -0.15) is 0 Å². The van der Waals surface area contributed by atoms with Gasteiger partial charge in [-0.25, -0.2) is 5.06 Å². The van der Waals surface area contributed by atoms with Crippen molar-refractivity contribution >= 4 is 34.8 Å². The molecule has 0 aromatic heterocycles. The lowest BCUT2D eigenvalue weighted by Crippen LogP contribution is -2.24. The van der Waals surface area contributed by atoms with E-state index in [1.165, 1.54) is 18.7 Å². The van der Waals surface area contributed by atoms with E-state index in [9.17, 15) is 24.9 Å². The molecule has 0 fully saturated rings. The molecule has 2 heterocycles. The maximum atomic E-state index is 11.6. The number of nitrogens with one attached hydrogen (secondary N) is 1. The Morgan fingerprint density at radius 1 is 1.20 bits per heavy atom. The summed E-state index contributed by atoms with van der Waals surface area (Å²) in [4.78, 5) is 33.1. The molecular formula is C14H7Cl2N3O6. The van der Waals surface area contributed by atoms with Crippen molar-refractivity contribution in [2.45, 2.75) is 0 Å². The van der Waals surface area contributed by atoms with E-state index in [1.54, 1.807) is 0 Å². The van der Waals surface area contributed by atoms with Crippen LogP contribution in [0.15, 0.2) is 69.3 Å². The zero-order valence-corrected chi connectivity index (χ0v) is 13.5. The van der Waals surface area contributed by atoms with Crippen LogP contribution in [0, 0.1) is 10.1 Å². The number of ketones is 2. The van der Waals surface area contributed by atoms with Gasteiger partial charge in [0.25, 0.3) is 0 Å². The Kier molecular flexibility index (Phi) is 4.21. The molecular weight excluding hydrogens is 377 g/mol. The van der Waals surface area contributed by atoms with E-state index in [2.05, 4.69) is 5.32 Å². The van der Waals surface area contributed by atoms with Crippen LogP contribution >= 0.6 is 23.2 Å². The minimum atomic E-state index is -1.20. The molecule has 0 amide bonds. The van der Waals surface area contributed by atoms with E-state index in [1.807, 2.05) is 0 Å². The highest BCUT2D eigenvalue weighted by Gasteiger charge is 2.34. The second kappa shape index (κ2) is 6.20. The van der Waals surface area contributed by atoms with E-state index in [-0.39, 0.29) is 32.8 Å². The maximum absolute atomic E-state index is 11.6. The Morgan fingerprint density at radius 2 is 1.84 bits per heavy atom. The third-order valence-electron chi connectivity index (χ3n) is 3.28. The second-order valence-electron chi connectivity index (χ2n) is 4.89. The minimum absolute atomic E-state index is 0.0672. The van der Waals surface area contributed by atoms with Gasteiger partial charge in [0.05, 0.1) is 38.7 Å². The number of Topliss-reactive ketones (excluding diaryl/α,β-unsaturated/α-hetero) is 1. The van der Waals surface area contributed by atoms with E-state index in [4.69, 9.17) is 27.9 Å². The number of nitro groups is 1. The van der Waals surface area contributed by atoms with Gasteiger partial charge in [0, 0.05) is 11.6 Å². The minimum Gasteiger partial charge on any atom is -0.446 e. The van der Waals surface area contributed by atoms with Gasteiger partial charge in [-0.3, -0.25) is 24.9 Å². The van der Waals surface area contributed by atoms with Crippen molar-refractivity contribution in [3.05, 3.63) is 79.4 Å². The van der Waals surface area contributed by atoms with E-state index >= 15 is 0 Å². The predicted octanol–water partition coefficient (Wildman–Crippen LogP) is 1.76. The summed E-state index contributed by atoms with van der Waals surface area (Å²) in [5.41, 5.74) is -0.317. The highest BCUT2D eigenvalue weighted by Crippen LogP contribution is 2.35. The summed E-state index contributed by atoms with van der Waals surface area (Å²) in [5, 5.41) is 23.8. The molecule has 0 atom stereocenters. The molecule has 0 saturated carbocycles. The SMILES string of the molecule is O=C1C=C(C2=COC(=C3C(Cl)=CN(O)C=C3Cl)N2)C=C([N+](=O)[O-])C1=O. The fraction of sp³-hybridized carbons (Fsp3) is 0. The largest absolute Gasteiger partial charge is 0.446 e. The Hall–Kier alpha value is -2.88. The maximum Gasteiger partial charge on any atom is 0.321 e. The Labute approximate surface area is 149 Å². The molecule has 11 heteroatoms. The van der Waals surface area contributed by atoms with Gasteiger partial charge in [-0.05, 0) is 6.08 Å². The number of hydrogen-bond donors (Lipinski definition) is 2. The van der Waals surface area contributed by atoms with Gasteiger partial charge in [0.15, 0.2) is 0 Å². The fourth-order valence-electron chi connectivity index (χ4n) is 2.17. The van der Waals surface area contributed by atoms with E-state index < -0.39 is 22.2 Å². The summed E-state index contributed by atoms with van der Waals surface area (Å²) < 4.78 is 5.31. The fourth-order valence-corrected chi connectivity index (χ4v) is 2.79. The molecule has 2 aliphatic heterocycles. The molecule has 1 aliphatic carbocycles. The van der Waals surface area contributed by atoms with Crippen LogP contribution in [0.4, 0.5) is 0 Å². The average molecular weight is 384 g/mol. The number of carbonyl (C=O) groups is 2. The highest BCUT2D eigenvalue weighted by molar-refractivity contribution is 6.47. The summed E-state index contributed by atoms with van der Waals surface area (Å²) in [6.07, 6.45) is 5.45. The lowest BCUT2D eigenvalue weighted by atomic mass is 10.0. The van der Waals surface area contributed by atoms with Gasteiger partial charge in [0.1, 0.15) is 6.26 Å². The van der Waals surface area contributed by atoms with Crippen LogP contribution in [0.25, 0.3) is 0 Å². The molecule has 3 aliphatic rings. The molecule has 0 bridgehead atoms. The van der Waals surface area contributed by atoms with Crippen molar-refractivity contribution in [3.63, 3.8) is 0 Å². The first-order valence-electron chi connectivity index (χ1n) is 6.55. The number of allylic oxidation sites excluding steroid dienone is 6. The number of nitrogens with zero attached hydrogens (tertiary/aromatic N) is 2. The van der Waals surface area contributed by atoms with Crippen LogP contribution in [0.5, 0.6) is 0 Å². The molecule has 0 aromatic rings. The van der Waals surface area contributed by atoms with Crippen LogP contribution in [0.1, 0.15) is 0 Å². The highest BCUT2D eigenvalue weighted by atomic mass is 35.5. The first kappa shape index (κ1) is 17.0. The first-order valence-corrected chi connectivity index (χ1v) is 7.31. The third kappa shape index (κ3) is 3.07. The summed E-state index contributed by atoms with van der Waals surface area (Å²) in [7, 11) is 0. The lowest BCUT2D eigenvalue weighted by molar-refractivity contribution is -0.418. The van der Waals surface area contributed by atoms with Gasteiger partial charge in [-0.15, -0.1) is 0 Å². The molecule has 0 saturated heterocycles. The lowest BCUT2D eigenvalue weighted by Gasteiger charge is -2.18. The molecule has 0 radical (unpaired) electrons. The van der Waals surface area contributed by atoms with Gasteiger partial charge < -0.3 is 10.1 Å². The van der Waals surface area contributed by atoms with Gasteiger partial charge in [0.2, 0.25) is 11.7 Å². The number of halogens is 2. The molecule has 3 rings (SSSR count). The van der Waals surface area contributed by atoms with E-state index in [0.29, 0.717) is 5.06 Å². The molecule has 128 valence electrons. The van der Waals surface area contributed by atoms with E-state index in [0.717, 1.165) is 12.2 Å². The van der Waals surface area contributed by atoms with Crippen molar-refractivity contribution in [2.24, 2.45) is 0 Å². The number of rotatable bonds is 2. The van der Waals surface area contributed by atoms with Gasteiger partial charge in [-0.1, -0.05) is 23.2 Å². The average Bonchev–Trinajstić information content (AvgIpc) is 2.98. The number of hydroxylamine groups is 2. The Bertz CT molecular complexity index is 888. The monoisotopic (exact) mass is 383 g/mol. The summed E-state index contributed by atoms with van der Waals surface area (Å²) in [6.45, 7) is 0. The van der Waals surface area contributed by atoms with Crippen molar-refractivity contribution in [1.29, 1.82) is 0 Å². The van der Waals surface area contributed by atoms with Crippen molar-refractivity contribution in [2.75, 3.05) is 0 Å². The third-order valence-corrected chi connectivity index (χ3v) is 3.85. The number of hydrogen-bond acceptors (Lipinski definition) is 8. The second-order valence-corrected chi connectivity index (χ2v) is 5.71. The number of ether oxygens (including phenoxy) is 1. The van der Waals surface area contributed by atoms with Crippen molar-refractivity contribution in [1.82, 2.24) is 10.4 Å². The summed E-state index contributed by atoms with van der Waals surface area (Å²) in [6, 6.07) is 0. The standard InChI is InChI=1S/C14H7Cl2N3O6/c15-7-3-18(22)4-8(16)12(7)14-17-9(5-25-14)6-1-10(19(23)24)13(21)11(20)2-6/h1-5,17,22H. The topological polar surface area (TPSA) is 122 Å². The van der Waals surface area contributed by atoms with Crippen LogP contribution in [-0.4, -0.2) is 26.8 Å². The molecule has 2 N–H and O–H groups in total. The zero-order valence-electron chi connectivity index (χ0n) is 12.0. The van der Waals surface area contributed by atoms with Gasteiger partial charge >= 0.3 is 11.5 Å². The number of carbonyl (C=O) groups excluding carboxylic acids is 2. The zero-order chi connectivity index (χ0) is 18.3. The molecule has 9 nitrogen and oxygen atoms in total. The summed E-state index contributed by atoms with van der Waals surface area (Å²) in [5.74, 6) is -2.12. The Morgan fingerprint density at radius 3 is 2.44 bits per heavy atom. The van der Waals surface area contributed by atoms with Crippen LogP contribution in [0.3, 0.4) is 0 Å². The quantitative estimate of drug-likeness (QED) is 0.320. The molecule has 25 heavy (non-hydrogen) atoms. The normalized spacial score (nSPS) is 20.3. The van der Waals surface area contributed by atoms with Crippen LogP contribution < -0.4 is 5.32 Å². The smallest absolute Gasteiger partial charge is 0.321 e. The van der Waals surface area contributed by atoms with Crippen molar-refractivity contribution < 1.29 is 24.5 Å². The van der Waals surface area contributed by atoms with Crippen LogP contribution in [-0.2, 0) is 14.3 Å². The molecule has 0 spiro atoms. The van der Waals surface area contributed by atoms with Crippen LogP contribution in [0.2, 0.25) is 0 Å². The molecule has 0 unspecified atom stereocenters. The first-order chi connectivity index (χ1) is 11.8.